The Balaban J connectivity index is 1.50. The van der Waals surface area contributed by atoms with Crippen molar-refractivity contribution < 1.29 is 9.90 Å². The molecule has 4 bridgehead atoms. The van der Waals surface area contributed by atoms with Crippen molar-refractivity contribution in [3.63, 3.8) is 0 Å². The minimum absolute atomic E-state index is 0.139. The number of carbonyl (C=O) groups excluding carboxylic acids is 1. The van der Waals surface area contributed by atoms with Gasteiger partial charge in [0.25, 0.3) is 0 Å². The van der Waals surface area contributed by atoms with Crippen LogP contribution in [0.4, 0.5) is 0 Å². The minimum Gasteiger partial charge on any atom is -0.508 e. The van der Waals surface area contributed by atoms with Crippen molar-refractivity contribution >= 4 is 5.91 Å². The van der Waals surface area contributed by atoms with E-state index in [-0.39, 0.29) is 17.1 Å². The molecule has 1 aromatic carbocycles. The van der Waals surface area contributed by atoms with Crippen molar-refractivity contribution in [3.8, 4) is 5.75 Å². The highest BCUT2D eigenvalue weighted by atomic mass is 16.3. The molecule has 0 aliphatic heterocycles. The van der Waals surface area contributed by atoms with Crippen LogP contribution in [0.25, 0.3) is 0 Å². The first-order valence-corrected chi connectivity index (χ1v) is 8.86. The lowest BCUT2D eigenvalue weighted by Gasteiger charge is -2.64. The molecule has 5 rings (SSSR count). The molecule has 1 amide bonds. The predicted octanol–water partition coefficient (Wildman–Crippen LogP) is 4.01. The highest BCUT2D eigenvalue weighted by molar-refractivity contribution is 5.83. The van der Waals surface area contributed by atoms with E-state index in [1.165, 1.54) is 19.3 Å². The Hall–Kier alpha value is -1.51. The van der Waals surface area contributed by atoms with Crippen LogP contribution in [0.2, 0.25) is 0 Å². The average Bonchev–Trinajstić information content (AvgIpc) is 2.42. The van der Waals surface area contributed by atoms with Crippen molar-refractivity contribution in [2.24, 2.45) is 22.2 Å². The maximum atomic E-state index is 13.1. The number of phenolic OH excluding ortho intramolecular Hbond substituents is 1. The largest absolute Gasteiger partial charge is 0.508 e. The smallest absolute Gasteiger partial charge is 0.226 e. The summed E-state index contributed by atoms with van der Waals surface area (Å²) in [6.45, 7) is 5.36. The van der Waals surface area contributed by atoms with Crippen LogP contribution >= 0.6 is 0 Å². The van der Waals surface area contributed by atoms with E-state index in [4.69, 9.17) is 0 Å². The Morgan fingerprint density at radius 3 is 2.26 bits per heavy atom. The van der Waals surface area contributed by atoms with Gasteiger partial charge in [0.05, 0.1) is 5.41 Å². The van der Waals surface area contributed by atoms with Crippen molar-refractivity contribution in [2.75, 3.05) is 0 Å². The SMILES string of the molecule is C[C@]12CC3CC(C(=O)NCc4ccc(O)cc4)(C1)C[C@@](C)(C3)C2. The molecule has 2 N–H and O–H groups in total. The summed E-state index contributed by atoms with van der Waals surface area (Å²) in [4.78, 5) is 13.1. The number of hydrogen-bond donors (Lipinski definition) is 2. The molecule has 4 aliphatic carbocycles. The molecule has 4 aliphatic rings. The van der Waals surface area contributed by atoms with Crippen molar-refractivity contribution in [1.82, 2.24) is 5.32 Å². The van der Waals surface area contributed by atoms with Crippen LogP contribution in [0, 0.1) is 22.2 Å². The molecule has 4 atom stereocenters. The summed E-state index contributed by atoms with van der Waals surface area (Å²) < 4.78 is 0. The van der Waals surface area contributed by atoms with E-state index in [1.54, 1.807) is 12.1 Å². The third kappa shape index (κ3) is 2.54. The molecule has 0 saturated heterocycles. The summed E-state index contributed by atoms with van der Waals surface area (Å²) in [6.07, 6.45) is 7.13. The molecular weight excluding hydrogens is 286 g/mol. The van der Waals surface area contributed by atoms with Gasteiger partial charge in [-0.1, -0.05) is 26.0 Å². The molecular formula is C20H27NO2. The lowest BCUT2D eigenvalue weighted by Crippen LogP contribution is -2.59. The number of phenols is 1. The first kappa shape index (κ1) is 15.0. The van der Waals surface area contributed by atoms with E-state index in [0.717, 1.165) is 30.7 Å². The highest BCUT2D eigenvalue weighted by Crippen LogP contribution is 2.69. The Morgan fingerprint density at radius 2 is 1.70 bits per heavy atom. The molecule has 4 saturated carbocycles. The molecule has 3 nitrogen and oxygen atoms in total. The molecule has 2 unspecified atom stereocenters. The van der Waals surface area contributed by atoms with Crippen LogP contribution in [0.3, 0.4) is 0 Å². The second kappa shape index (κ2) is 4.75. The third-order valence-corrected chi connectivity index (χ3v) is 6.50. The average molecular weight is 313 g/mol. The van der Waals surface area contributed by atoms with Crippen LogP contribution in [0.15, 0.2) is 24.3 Å². The molecule has 3 heteroatoms. The number of amides is 1. The Morgan fingerprint density at radius 1 is 1.09 bits per heavy atom. The second-order valence-corrected chi connectivity index (χ2v) is 9.26. The Kier molecular flexibility index (Phi) is 3.11. The standard InChI is InChI=1S/C20H27NO2/c1-18-7-15-8-19(2,11-18)13-20(9-15,12-18)17(23)21-10-14-3-5-16(22)6-4-14/h3-6,15,22H,7-13H2,1-2H3,(H,21,23)/t15?,18-,19+,20?. The van der Waals surface area contributed by atoms with E-state index < -0.39 is 0 Å². The predicted molar refractivity (Wildman–Crippen MR) is 89.8 cm³/mol. The summed E-state index contributed by atoms with van der Waals surface area (Å²) in [5.41, 5.74) is 1.63. The van der Waals surface area contributed by atoms with Crippen LogP contribution < -0.4 is 5.32 Å². The zero-order valence-corrected chi connectivity index (χ0v) is 14.2. The van der Waals surface area contributed by atoms with Crippen LogP contribution in [0.5, 0.6) is 5.75 Å². The number of rotatable bonds is 3. The molecule has 0 spiro atoms. The quantitative estimate of drug-likeness (QED) is 0.886. The number of benzene rings is 1. The fourth-order valence-electron chi connectivity index (χ4n) is 6.68. The van der Waals surface area contributed by atoms with Crippen LogP contribution in [-0.4, -0.2) is 11.0 Å². The van der Waals surface area contributed by atoms with Crippen LogP contribution in [-0.2, 0) is 11.3 Å². The molecule has 1 aromatic rings. The van der Waals surface area contributed by atoms with Gasteiger partial charge in [-0.2, -0.15) is 0 Å². The number of aromatic hydroxyl groups is 1. The lowest BCUT2D eigenvalue weighted by molar-refractivity contribution is -0.170. The summed E-state index contributed by atoms with van der Waals surface area (Å²) in [7, 11) is 0. The first-order chi connectivity index (χ1) is 10.8. The molecule has 4 fully saturated rings. The Labute approximate surface area is 138 Å². The molecule has 0 aromatic heterocycles. The summed E-state index contributed by atoms with van der Waals surface area (Å²) in [5, 5.41) is 12.5. The van der Waals surface area contributed by atoms with Crippen molar-refractivity contribution in [3.05, 3.63) is 29.8 Å². The molecule has 124 valence electrons. The van der Waals surface area contributed by atoms with Gasteiger partial charge < -0.3 is 10.4 Å². The van der Waals surface area contributed by atoms with Gasteiger partial charge >= 0.3 is 0 Å². The van der Waals surface area contributed by atoms with E-state index in [9.17, 15) is 9.90 Å². The summed E-state index contributed by atoms with van der Waals surface area (Å²) in [6, 6.07) is 7.10. The van der Waals surface area contributed by atoms with Gasteiger partial charge in [0, 0.05) is 6.54 Å². The monoisotopic (exact) mass is 313 g/mol. The molecule has 0 radical (unpaired) electrons. The van der Waals surface area contributed by atoms with Gasteiger partial charge in [-0.05, 0) is 73.0 Å². The van der Waals surface area contributed by atoms with E-state index in [1.807, 2.05) is 12.1 Å². The minimum atomic E-state index is -0.139. The number of nitrogens with one attached hydrogen (secondary N) is 1. The Bertz CT molecular complexity index is 618. The maximum absolute atomic E-state index is 13.1. The number of carbonyl (C=O) groups is 1. The van der Waals surface area contributed by atoms with Gasteiger partial charge in [-0.15, -0.1) is 0 Å². The third-order valence-electron chi connectivity index (χ3n) is 6.50. The van der Waals surface area contributed by atoms with Gasteiger partial charge in [0.1, 0.15) is 5.75 Å². The van der Waals surface area contributed by atoms with Gasteiger partial charge in [-0.3, -0.25) is 4.79 Å². The molecule has 0 heterocycles. The van der Waals surface area contributed by atoms with Crippen LogP contribution in [0.1, 0.15) is 57.9 Å². The van der Waals surface area contributed by atoms with Gasteiger partial charge in [-0.25, -0.2) is 0 Å². The van der Waals surface area contributed by atoms with E-state index >= 15 is 0 Å². The van der Waals surface area contributed by atoms with Crippen molar-refractivity contribution in [2.45, 2.75) is 58.9 Å². The van der Waals surface area contributed by atoms with E-state index in [0.29, 0.717) is 17.4 Å². The molecule has 23 heavy (non-hydrogen) atoms. The van der Waals surface area contributed by atoms with Crippen molar-refractivity contribution in [1.29, 1.82) is 0 Å². The normalized spacial score (nSPS) is 41.0. The topological polar surface area (TPSA) is 49.3 Å². The fourth-order valence-corrected chi connectivity index (χ4v) is 6.68. The van der Waals surface area contributed by atoms with Gasteiger partial charge in [0.15, 0.2) is 0 Å². The lowest BCUT2D eigenvalue weighted by atomic mass is 9.40. The zero-order valence-electron chi connectivity index (χ0n) is 14.2. The summed E-state index contributed by atoms with van der Waals surface area (Å²) in [5.74, 6) is 1.26. The fraction of sp³-hybridized carbons (Fsp3) is 0.650. The van der Waals surface area contributed by atoms with E-state index in [2.05, 4.69) is 19.2 Å². The second-order valence-electron chi connectivity index (χ2n) is 9.26. The zero-order chi connectivity index (χ0) is 16.3. The maximum Gasteiger partial charge on any atom is 0.226 e. The first-order valence-electron chi connectivity index (χ1n) is 8.86. The number of hydrogen-bond acceptors (Lipinski definition) is 2. The highest BCUT2D eigenvalue weighted by Gasteiger charge is 2.62. The van der Waals surface area contributed by atoms with Gasteiger partial charge in [0.2, 0.25) is 5.91 Å². The summed E-state index contributed by atoms with van der Waals surface area (Å²) >= 11 is 0.